The van der Waals surface area contributed by atoms with Gasteiger partial charge >= 0.3 is 0 Å². The number of aromatic nitrogens is 3. The van der Waals surface area contributed by atoms with E-state index in [1.165, 1.54) is 11.3 Å². The number of nitrogens with one attached hydrogen (secondary N) is 1. The van der Waals surface area contributed by atoms with E-state index >= 15 is 0 Å². The van der Waals surface area contributed by atoms with E-state index in [0.717, 1.165) is 21.6 Å². The first-order valence-corrected chi connectivity index (χ1v) is 10.4. The Balaban J connectivity index is 1.43. The highest BCUT2D eigenvalue weighted by molar-refractivity contribution is 7.89. The third-order valence-electron chi connectivity index (χ3n) is 3.94. The number of fused-ring (bicyclic) bond motifs is 1. The summed E-state index contributed by atoms with van der Waals surface area (Å²) >= 11 is 1.48. The van der Waals surface area contributed by atoms with Crippen LogP contribution in [0.25, 0.3) is 15.9 Å². The van der Waals surface area contributed by atoms with Crippen molar-refractivity contribution >= 4 is 32.1 Å². The van der Waals surface area contributed by atoms with Crippen molar-refractivity contribution in [1.29, 1.82) is 0 Å². The van der Waals surface area contributed by atoms with Crippen molar-refractivity contribution in [3.63, 3.8) is 0 Å². The third kappa shape index (κ3) is 3.52. The van der Waals surface area contributed by atoms with Gasteiger partial charge in [-0.05, 0) is 29.0 Å². The van der Waals surface area contributed by atoms with Gasteiger partial charge in [0.1, 0.15) is 0 Å². The highest BCUT2D eigenvalue weighted by Crippen LogP contribution is 2.19. The number of thiazole rings is 1. The summed E-state index contributed by atoms with van der Waals surface area (Å²) in [7, 11) is -3.55. The Hall–Kier alpha value is -2.55. The minimum Gasteiger partial charge on any atom is -0.223 e. The molecule has 4 rings (SSSR count). The molecule has 6 nitrogen and oxygen atoms in total. The molecule has 2 aromatic heterocycles. The van der Waals surface area contributed by atoms with Crippen LogP contribution in [0.1, 0.15) is 5.69 Å². The number of rotatable bonds is 6. The van der Waals surface area contributed by atoms with E-state index < -0.39 is 10.0 Å². The van der Waals surface area contributed by atoms with Gasteiger partial charge in [-0.25, -0.2) is 22.8 Å². The van der Waals surface area contributed by atoms with Gasteiger partial charge in [-0.2, -0.15) is 5.10 Å². The summed E-state index contributed by atoms with van der Waals surface area (Å²) in [5.41, 5.74) is 0.835. The molecule has 0 aliphatic heterocycles. The van der Waals surface area contributed by atoms with Crippen molar-refractivity contribution in [2.45, 2.75) is 11.3 Å². The number of sulfonamides is 1. The molecule has 8 heteroatoms. The smallest absolute Gasteiger partial charge is 0.223 e. The van der Waals surface area contributed by atoms with Gasteiger partial charge in [0.05, 0.1) is 10.6 Å². The van der Waals surface area contributed by atoms with Crippen molar-refractivity contribution in [3.05, 3.63) is 72.0 Å². The van der Waals surface area contributed by atoms with Crippen LogP contribution in [-0.2, 0) is 16.4 Å². The van der Waals surface area contributed by atoms with Crippen molar-refractivity contribution < 1.29 is 8.42 Å². The predicted molar refractivity (Wildman–Crippen MR) is 102 cm³/mol. The van der Waals surface area contributed by atoms with Crippen LogP contribution in [0.15, 0.2) is 71.2 Å². The van der Waals surface area contributed by atoms with Crippen molar-refractivity contribution in [1.82, 2.24) is 19.5 Å². The molecule has 0 fully saturated rings. The lowest BCUT2D eigenvalue weighted by Gasteiger charge is -2.07. The van der Waals surface area contributed by atoms with E-state index in [-0.39, 0.29) is 11.4 Å². The zero-order valence-electron chi connectivity index (χ0n) is 13.7. The molecule has 0 aliphatic carbocycles. The fourth-order valence-corrected chi connectivity index (χ4v) is 4.49. The molecule has 0 bridgehead atoms. The SMILES string of the molecule is O=S(=O)(NCCc1csc(-n2cccn2)n1)c1ccc2ccccc2c1. The molecule has 1 N–H and O–H groups in total. The number of hydrogen-bond donors (Lipinski definition) is 1. The fraction of sp³-hybridized carbons (Fsp3) is 0.111. The zero-order valence-corrected chi connectivity index (χ0v) is 15.4. The van der Waals surface area contributed by atoms with E-state index in [4.69, 9.17) is 0 Å². The van der Waals surface area contributed by atoms with Gasteiger partial charge in [0.2, 0.25) is 15.2 Å². The molecular formula is C18H16N4O2S2. The molecule has 132 valence electrons. The van der Waals surface area contributed by atoms with Crippen LogP contribution in [0.4, 0.5) is 0 Å². The molecule has 0 amide bonds. The number of nitrogens with zero attached hydrogens (tertiary/aromatic N) is 3. The normalized spacial score (nSPS) is 11.8. The Morgan fingerprint density at radius 2 is 1.92 bits per heavy atom. The summed E-state index contributed by atoms with van der Waals surface area (Å²) in [6.07, 6.45) is 4.04. The summed E-state index contributed by atoms with van der Waals surface area (Å²) in [4.78, 5) is 4.74. The highest BCUT2D eigenvalue weighted by atomic mass is 32.2. The maximum atomic E-state index is 12.5. The van der Waals surface area contributed by atoms with Crippen molar-refractivity contribution in [3.8, 4) is 5.13 Å². The van der Waals surface area contributed by atoms with E-state index in [1.807, 2.05) is 48.0 Å². The summed E-state index contributed by atoms with van der Waals surface area (Å²) in [5.74, 6) is 0. The predicted octanol–water partition coefficient (Wildman–Crippen LogP) is 3.00. The molecule has 0 spiro atoms. The molecule has 0 atom stereocenters. The van der Waals surface area contributed by atoms with E-state index in [9.17, 15) is 8.42 Å². The van der Waals surface area contributed by atoms with Crippen LogP contribution < -0.4 is 4.72 Å². The Bertz CT molecular complexity index is 1130. The topological polar surface area (TPSA) is 76.9 Å². The molecule has 0 unspecified atom stereocenters. The Labute approximate surface area is 155 Å². The second-order valence-electron chi connectivity index (χ2n) is 5.73. The lowest BCUT2D eigenvalue weighted by molar-refractivity contribution is 0.581. The van der Waals surface area contributed by atoms with Gasteiger partial charge in [0.15, 0.2) is 0 Å². The molecule has 4 aromatic rings. The Morgan fingerprint density at radius 3 is 2.73 bits per heavy atom. The highest BCUT2D eigenvalue weighted by Gasteiger charge is 2.14. The minimum absolute atomic E-state index is 0.270. The molecule has 26 heavy (non-hydrogen) atoms. The number of hydrogen-bond acceptors (Lipinski definition) is 5. The first-order chi connectivity index (χ1) is 12.6. The molecule has 0 saturated carbocycles. The Morgan fingerprint density at radius 1 is 1.08 bits per heavy atom. The van der Waals surface area contributed by atoms with Crippen LogP contribution in [-0.4, -0.2) is 29.7 Å². The van der Waals surface area contributed by atoms with Crippen LogP contribution >= 0.6 is 11.3 Å². The summed E-state index contributed by atoms with van der Waals surface area (Å²) in [5, 5.41) is 8.74. The van der Waals surface area contributed by atoms with Gasteiger partial charge in [0, 0.05) is 30.7 Å². The molecule has 2 heterocycles. The van der Waals surface area contributed by atoms with Gasteiger partial charge in [0.25, 0.3) is 0 Å². The molecule has 0 saturated heterocycles. The quantitative estimate of drug-likeness (QED) is 0.554. The van der Waals surface area contributed by atoms with Gasteiger partial charge in [-0.3, -0.25) is 0 Å². The maximum Gasteiger partial charge on any atom is 0.240 e. The lowest BCUT2D eigenvalue weighted by Crippen LogP contribution is -2.26. The van der Waals surface area contributed by atoms with E-state index in [1.54, 1.807) is 23.0 Å². The molecule has 0 radical (unpaired) electrons. The maximum absolute atomic E-state index is 12.5. The summed E-state index contributed by atoms with van der Waals surface area (Å²) in [6, 6.07) is 14.7. The van der Waals surface area contributed by atoms with Gasteiger partial charge in [-0.15, -0.1) is 11.3 Å². The first-order valence-electron chi connectivity index (χ1n) is 8.05. The second kappa shape index (κ2) is 6.99. The van der Waals surface area contributed by atoms with Crippen molar-refractivity contribution in [2.75, 3.05) is 6.54 Å². The average Bonchev–Trinajstić information content (AvgIpc) is 3.32. The molecule has 0 aliphatic rings. The van der Waals surface area contributed by atoms with Gasteiger partial charge in [-0.1, -0.05) is 30.3 Å². The third-order valence-corrected chi connectivity index (χ3v) is 6.28. The monoisotopic (exact) mass is 384 g/mol. The number of benzene rings is 2. The standard InChI is InChI=1S/C18H16N4O2S2/c23-26(24,17-7-6-14-4-1-2-5-15(14)12-17)20-10-8-16-13-25-18(21-16)22-11-3-9-19-22/h1-7,9,11-13,20H,8,10H2. The van der Waals surface area contributed by atoms with Crippen LogP contribution in [0.2, 0.25) is 0 Å². The zero-order chi connectivity index (χ0) is 18.0. The second-order valence-corrected chi connectivity index (χ2v) is 8.33. The first kappa shape index (κ1) is 16.9. The fourth-order valence-electron chi connectivity index (χ4n) is 2.63. The summed E-state index contributed by atoms with van der Waals surface area (Å²) < 4.78 is 29.4. The Kier molecular flexibility index (Phi) is 4.54. The largest absolute Gasteiger partial charge is 0.240 e. The van der Waals surface area contributed by atoms with Gasteiger partial charge < -0.3 is 0 Å². The lowest BCUT2D eigenvalue weighted by atomic mass is 10.1. The van der Waals surface area contributed by atoms with Crippen LogP contribution in [0, 0.1) is 0 Å². The van der Waals surface area contributed by atoms with Crippen LogP contribution in [0.3, 0.4) is 0 Å². The van der Waals surface area contributed by atoms with Crippen LogP contribution in [0.5, 0.6) is 0 Å². The summed E-state index contributed by atoms with van der Waals surface area (Å²) in [6.45, 7) is 0.289. The van der Waals surface area contributed by atoms with Crippen molar-refractivity contribution in [2.24, 2.45) is 0 Å². The van der Waals surface area contributed by atoms with E-state index in [2.05, 4.69) is 14.8 Å². The average molecular weight is 384 g/mol. The molecular weight excluding hydrogens is 368 g/mol. The minimum atomic E-state index is -3.55. The molecule has 2 aromatic carbocycles. The van der Waals surface area contributed by atoms with E-state index in [0.29, 0.717) is 6.42 Å².